The molecule has 6 heteroatoms. The van der Waals surface area contributed by atoms with E-state index in [1.807, 2.05) is 37.5 Å². The summed E-state index contributed by atoms with van der Waals surface area (Å²) in [6, 6.07) is 0. The Balaban J connectivity index is 1.57. The Morgan fingerprint density at radius 1 is 1.42 bits per heavy atom. The van der Waals surface area contributed by atoms with Crippen LogP contribution in [0.1, 0.15) is 55.9 Å². The van der Waals surface area contributed by atoms with Gasteiger partial charge in [0, 0.05) is 63.5 Å². The zero-order chi connectivity index (χ0) is 17.3. The van der Waals surface area contributed by atoms with E-state index in [1.165, 1.54) is 0 Å². The number of amides is 1. The first-order chi connectivity index (χ1) is 11.5. The minimum Gasteiger partial charge on any atom is -0.342 e. The Labute approximate surface area is 143 Å². The Bertz CT molecular complexity index is 715. The van der Waals surface area contributed by atoms with Crippen molar-refractivity contribution in [2.75, 3.05) is 13.1 Å². The fraction of sp³-hybridized carbons (Fsp3) is 0.611. The van der Waals surface area contributed by atoms with Crippen molar-refractivity contribution in [2.45, 2.75) is 52.0 Å². The molecule has 0 radical (unpaired) electrons. The van der Waals surface area contributed by atoms with Crippen LogP contribution in [0.4, 0.5) is 0 Å². The monoisotopic (exact) mass is 329 g/mol. The number of hydrogen-bond donors (Lipinski definition) is 0. The van der Waals surface area contributed by atoms with Crippen LogP contribution in [0.5, 0.6) is 0 Å². The molecular formula is C18H27N5O. The number of nitrogens with zero attached hydrogens (tertiary/aromatic N) is 5. The van der Waals surface area contributed by atoms with Crippen molar-refractivity contribution in [3.05, 3.63) is 35.9 Å². The van der Waals surface area contributed by atoms with Crippen LogP contribution in [-0.2, 0) is 18.4 Å². The van der Waals surface area contributed by atoms with E-state index in [2.05, 4.69) is 32.9 Å². The first-order valence-corrected chi connectivity index (χ1v) is 8.74. The molecule has 0 aromatic carbocycles. The predicted octanol–water partition coefficient (Wildman–Crippen LogP) is 2.45. The maximum absolute atomic E-state index is 12.6. The van der Waals surface area contributed by atoms with Gasteiger partial charge in [-0.25, -0.2) is 9.97 Å². The van der Waals surface area contributed by atoms with Gasteiger partial charge < -0.3 is 14.0 Å². The second-order valence-electron chi connectivity index (χ2n) is 7.06. The summed E-state index contributed by atoms with van der Waals surface area (Å²) in [5.74, 6) is 3.10. The summed E-state index contributed by atoms with van der Waals surface area (Å²) in [4.78, 5) is 23.5. The van der Waals surface area contributed by atoms with Crippen LogP contribution in [0.2, 0.25) is 0 Å². The highest BCUT2D eigenvalue weighted by atomic mass is 16.2. The van der Waals surface area contributed by atoms with Crippen molar-refractivity contribution in [2.24, 2.45) is 7.05 Å². The molecule has 1 fully saturated rings. The van der Waals surface area contributed by atoms with Gasteiger partial charge in [-0.05, 0) is 13.3 Å². The van der Waals surface area contributed by atoms with Gasteiger partial charge in [-0.2, -0.15) is 0 Å². The van der Waals surface area contributed by atoms with E-state index in [1.54, 1.807) is 0 Å². The van der Waals surface area contributed by atoms with Gasteiger partial charge in [0.05, 0.1) is 5.69 Å². The molecule has 1 saturated heterocycles. The summed E-state index contributed by atoms with van der Waals surface area (Å²) < 4.78 is 4.19. The number of carbonyl (C=O) groups excluding carboxylic acids is 1. The van der Waals surface area contributed by atoms with E-state index in [0.717, 1.165) is 36.9 Å². The lowest BCUT2D eigenvalue weighted by molar-refractivity contribution is -0.130. The number of aryl methyl sites for hydroxylation is 3. The lowest BCUT2D eigenvalue weighted by atomic mass is 10.1. The Kier molecular flexibility index (Phi) is 4.73. The van der Waals surface area contributed by atoms with E-state index >= 15 is 0 Å². The van der Waals surface area contributed by atoms with Gasteiger partial charge in [0.15, 0.2) is 0 Å². The van der Waals surface area contributed by atoms with Crippen molar-refractivity contribution in [1.82, 2.24) is 24.0 Å². The van der Waals surface area contributed by atoms with E-state index in [9.17, 15) is 4.79 Å². The number of rotatable bonds is 5. The first-order valence-electron chi connectivity index (χ1n) is 8.74. The van der Waals surface area contributed by atoms with Gasteiger partial charge in [-0.3, -0.25) is 4.79 Å². The number of imidazole rings is 2. The summed E-state index contributed by atoms with van der Waals surface area (Å²) in [5, 5.41) is 0. The van der Waals surface area contributed by atoms with Gasteiger partial charge in [-0.15, -0.1) is 0 Å². The summed E-state index contributed by atoms with van der Waals surface area (Å²) >= 11 is 0. The summed E-state index contributed by atoms with van der Waals surface area (Å²) in [5.41, 5.74) is 1.04. The molecule has 6 nitrogen and oxygen atoms in total. The van der Waals surface area contributed by atoms with Gasteiger partial charge in [0.2, 0.25) is 5.91 Å². The summed E-state index contributed by atoms with van der Waals surface area (Å²) in [7, 11) is 2.03. The molecule has 0 aliphatic carbocycles. The van der Waals surface area contributed by atoms with Crippen molar-refractivity contribution in [3.63, 3.8) is 0 Å². The minimum atomic E-state index is 0.229. The van der Waals surface area contributed by atoms with Crippen molar-refractivity contribution < 1.29 is 4.79 Å². The fourth-order valence-electron chi connectivity index (χ4n) is 3.60. The van der Waals surface area contributed by atoms with Crippen molar-refractivity contribution in [3.8, 4) is 0 Å². The van der Waals surface area contributed by atoms with Crippen molar-refractivity contribution >= 4 is 5.91 Å². The maximum Gasteiger partial charge on any atom is 0.224 e. The van der Waals surface area contributed by atoms with Crippen LogP contribution in [0.25, 0.3) is 0 Å². The molecule has 0 saturated carbocycles. The predicted molar refractivity (Wildman–Crippen MR) is 92.8 cm³/mol. The summed E-state index contributed by atoms with van der Waals surface area (Å²) in [6.45, 7) is 8.58. The number of carbonyl (C=O) groups is 1. The lowest BCUT2D eigenvalue weighted by Gasteiger charge is -2.17. The highest BCUT2D eigenvalue weighted by Gasteiger charge is 2.29. The molecule has 2 aromatic heterocycles. The Morgan fingerprint density at radius 3 is 2.88 bits per heavy atom. The quantitative estimate of drug-likeness (QED) is 0.847. The normalized spacial score (nSPS) is 17.9. The molecule has 0 bridgehead atoms. The van der Waals surface area contributed by atoms with Gasteiger partial charge >= 0.3 is 0 Å². The second-order valence-corrected chi connectivity index (χ2v) is 7.06. The zero-order valence-corrected chi connectivity index (χ0v) is 15.1. The standard InChI is InChI=1S/C18H27N5O/c1-13(2)17-19-7-10-22(17)9-6-16(24)23-8-5-15(12-23)18-20-14(3)11-21(18)4/h7,10-11,13,15H,5-6,8-9,12H2,1-4H3. The molecule has 24 heavy (non-hydrogen) atoms. The Morgan fingerprint density at radius 2 is 2.21 bits per heavy atom. The SMILES string of the molecule is Cc1cn(C)c(C2CCN(C(=O)CCn3ccnc3C(C)C)C2)n1. The molecule has 3 heterocycles. The van der Waals surface area contributed by atoms with Crippen LogP contribution in [-0.4, -0.2) is 43.0 Å². The molecule has 1 aliphatic rings. The number of likely N-dealkylation sites (tertiary alicyclic amines) is 1. The third kappa shape index (κ3) is 3.37. The van der Waals surface area contributed by atoms with Crippen LogP contribution < -0.4 is 0 Å². The van der Waals surface area contributed by atoms with Crippen LogP contribution in [0, 0.1) is 6.92 Å². The van der Waals surface area contributed by atoms with E-state index in [0.29, 0.717) is 24.8 Å². The maximum atomic E-state index is 12.6. The molecule has 1 unspecified atom stereocenters. The lowest BCUT2D eigenvalue weighted by Crippen LogP contribution is -2.29. The average molecular weight is 329 g/mol. The van der Waals surface area contributed by atoms with Gasteiger partial charge in [0.1, 0.15) is 11.6 Å². The molecule has 2 aromatic rings. The second kappa shape index (κ2) is 6.79. The molecule has 1 atom stereocenters. The average Bonchev–Trinajstić information content (AvgIpc) is 3.23. The smallest absolute Gasteiger partial charge is 0.224 e. The first kappa shape index (κ1) is 16.7. The van der Waals surface area contributed by atoms with Crippen LogP contribution >= 0.6 is 0 Å². The fourth-order valence-corrected chi connectivity index (χ4v) is 3.60. The zero-order valence-electron chi connectivity index (χ0n) is 15.1. The third-order valence-corrected chi connectivity index (χ3v) is 4.77. The Hall–Kier alpha value is -2.11. The molecule has 130 valence electrons. The van der Waals surface area contributed by atoms with Gasteiger partial charge in [0.25, 0.3) is 0 Å². The molecule has 3 rings (SSSR count). The molecule has 0 spiro atoms. The molecular weight excluding hydrogens is 302 g/mol. The molecule has 1 amide bonds. The largest absolute Gasteiger partial charge is 0.342 e. The highest BCUT2D eigenvalue weighted by molar-refractivity contribution is 5.76. The van der Waals surface area contributed by atoms with Crippen LogP contribution in [0.3, 0.4) is 0 Å². The third-order valence-electron chi connectivity index (χ3n) is 4.77. The van der Waals surface area contributed by atoms with Crippen molar-refractivity contribution in [1.29, 1.82) is 0 Å². The van der Waals surface area contributed by atoms with E-state index < -0.39 is 0 Å². The van der Waals surface area contributed by atoms with Crippen LogP contribution in [0.15, 0.2) is 18.6 Å². The van der Waals surface area contributed by atoms with Gasteiger partial charge in [-0.1, -0.05) is 13.8 Å². The minimum absolute atomic E-state index is 0.229. The number of hydrogen-bond acceptors (Lipinski definition) is 3. The topological polar surface area (TPSA) is 56.0 Å². The van der Waals surface area contributed by atoms with E-state index in [4.69, 9.17) is 0 Å². The molecule has 0 N–H and O–H groups in total. The number of aromatic nitrogens is 4. The molecule has 1 aliphatic heterocycles. The highest BCUT2D eigenvalue weighted by Crippen LogP contribution is 2.26. The summed E-state index contributed by atoms with van der Waals surface area (Å²) in [6.07, 6.45) is 7.36. The van der Waals surface area contributed by atoms with E-state index in [-0.39, 0.29) is 5.91 Å².